The highest BCUT2D eigenvalue weighted by Gasteiger charge is 2.22. The maximum absolute atomic E-state index is 12.4. The summed E-state index contributed by atoms with van der Waals surface area (Å²) in [5.74, 6) is 0.289. The largest absolute Gasteiger partial charge is 0.495 e. The lowest BCUT2D eigenvalue weighted by Crippen LogP contribution is -2.28. The van der Waals surface area contributed by atoms with Crippen LogP contribution in [0, 0.1) is 0 Å². The van der Waals surface area contributed by atoms with Crippen molar-refractivity contribution in [3.8, 4) is 5.75 Å². The van der Waals surface area contributed by atoms with Gasteiger partial charge < -0.3 is 14.8 Å². The van der Waals surface area contributed by atoms with Crippen LogP contribution in [0.15, 0.2) is 17.0 Å². The Labute approximate surface area is 130 Å². The number of hydrogen-bond donors (Lipinski definition) is 2. The van der Waals surface area contributed by atoms with Crippen LogP contribution in [0.25, 0.3) is 0 Å². The zero-order valence-corrected chi connectivity index (χ0v) is 14.0. The summed E-state index contributed by atoms with van der Waals surface area (Å²) < 4.78 is 37.5. The van der Waals surface area contributed by atoms with Crippen LogP contribution in [0.1, 0.15) is 12.5 Å². The van der Waals surface area contributed by atoms with Crippen molar-refractivity contribution in [1.29, 1.82) is 0 Å². The van der Waals surface area contributed by atoms with Crippen molar-refractivity contribution in [3.63, 3.8) is 0 Å². The molecule has 0 atom stereocenters. The van der Waals surface area contributed by atoms with Gasteiger partial charge in [0.15, 0.2) is 0 Å². The van der Waals surface area contributed by atoms with Crippen LogP contribution in [-0.4, -0.2) is 42.3 Å². The second-order valence-electron chi connectivity index (χ2n) is 4.22. The molecule has 0 aliphatic carbocycles. The average molecular weight is 337 g/mol. The minimum atomic E-state index is -3.71. The Hall–Kier alpha value is -0.860. The number of nitrogens with one attached hydrogen (secondary N) is 2. The molecular weight excluding hydrogens is 316 g/mol. The zero-order chi connectivity index (χ0) is 15.9. The Morgan fingerprint density at radius 2 is 2.05 bits per heavy atom. The fraction of sp³-hybridized carbons (Fsp3) is 0.538. The summed E-state index contributed by atoms with van der Waals surface area (Å²) in [6, 6.07) is 3.05. The fourth-order valence-electron chi connectivity index (χ4n) is 1.85. The molecule has 1 aromatic carbocycles. The molecule has 0 aliphatic heterocycles. The molecule has 2 N–H and O–H groups in total. The molecule has 8 heteroatoms. The van der Waals surface area contributed by atoms with Gasteiger partial charge in [-0.2, -0.15) is 0 Å². The van der Waals surface area contributed by atoms with Gasteiger partial charge in [-0.1, -0.05) is 11.6 Å². The first-order valence-corrected chi connectivity index (χ1v) is 8.40. The van der Waals surface area contributed by atoms with Crippen molar-refractivity contribution in [2.24, 2.45) is 0 Å². The van der Waals surface area contributed by atoms with Crippen LogP contribution in [0.3, 0.4) is 0 Å². The Morgan fingerprint density at radius 1 is 1.33 bits per heavy atom. The number of benzene rings is 1. The first-order valence-electron chi connectivity index (χ1n) is 6.54. The minimum absolute atomic E-state index is 0.0271. The maximum atomic E-state index is 12.4. The topological polar surface area (TPSA) is 76.7 Å². The molecule has 0 spiro atoms. The van der Waals surface area contributed by atoms with Crippen LogP contribution in [-0.2, 0) is 21.3 Å². The van der Waals surface area contributed by atoms with E-state index in [9.17, 15) is 8.42 Å². The number of rotatable bonds is 9. The van der Waals surface area contributed by atoms with Crippen LogP contribution in [0.4, 0.5) is 0 Å². The summed E-state index contributed by atoms with van der Waals surface area (Å²) in [5, 5.41) is 3.29. The molecular formula is C13H21ClN2O4S. The summed E-state index contributed by atoms with van der Waals surface area (Å²) in [4.78, 5) is 0.0271. The van der Waals surface area contributed by atoms with E-state index in [0.29, 0.717) is 30.3 Å². The molecule has 21 heavy (non-hydrogen) atoms. The van der Waals surface area contributed by atoms with Crippen molar-refractivity contribution in [1.82, 2.24) is 10.0 Å². The van der Waals surface area contributed by atoms with E-state index in [1.807, 2.05) is 6.92 Å². The quantitative estimate of drug-likeness (QED) is 0.666. The SMILES string of the molecule is CCOCCNS(=O)(=O)c1cc(Cl)cc(CNC)c1OC. The van der Waals surface area contributed by atoms with E-state index in [1.54, 1.807) is 13.1 Å². The highest BCUT2D eigenvalue weighted by Crippen LogP contribution is 2.31. The predicted molar refractivity (Wildman–Crippen MR) is 82.4 cm³/mol. The molecule has 6 nitrogen and oxygen atoms in total. The van der Waals surface area contributed by atoms with Crippen molar-refractivity contribution < 1.29 is 17.9 Å². The van der Waals surface area contributed by atoms with E-state index in [0.717, 1.165) is 0 Å². The number of halogens is 1. The first kappa shape index (κ1) is 18.2. The van der Waals surface area contributed by atoms with Gasteiger partial charge in [-0.25, -0.2) is 13.1 Å². The highest BCUT2D eigenvalue weighted by atomic mass is 35.5. The number of sulfonamides is 1. The number of ether oxygens (including phenoxy) is 2. The summed E-state index contributed by atoms with van der Waals surface area (Å²) in [6.45, 7) is 3.33. The van der Waals surface area contributed by atoms with E-state index in [1.165, 1.54) is 13.2 Å². The molecule has 0 bridgehead atoms. The van der Waals surface area contributed by atoms with Gasteiger partial charge in [-0.15, -0.1) is 0 Å². The lowest BCUT2D eigenvalue weighted by atomic mass is 10.2. The third-order valence-electron chi connectivity index (χ3n) is 2.70. The molecule has 0 aliphatic rings. The molecule has 1 rings (SSSR count). The molecule has 0 unspecified atom stereocenters. The lowest BCUT2D eigenvalue weighted by molar-refractivity contribution is 0.153. The van der Waals surface area contributed by atoms with E-state index >= 15 is 0 Å². The molecule has 0 aromatic heterocycles. The van der Waals surface area contributed by atoms with Gasteiger partial charge in [0.1, 0.15) is 10.6 Å². The van der Waals surface area contributed by atoms with E-state index in [-0.39, 0.29) is 17.2 Å². The summed E-state index contributed by atoms with van der Waals surface area (Å²) >= 11 is 6.00. The Balaban J connectivity index is 3.09. The maximum Gasteiger partial charge on any atom is 0.244 e. The third-order valence-corrected chi connectivity index (χ3v) is 4.38. The smallest absolute Gasteiger partial charge is 0.244 e. The van der Waals surface area contributed by atoms with Gasteiger partial charge in [-0.3, -0.25) is 0 Å². The number of methoxy groups -OCH3 is 1. The molecule has 0 fully saturated rings. The summed E-state index contributed by atoms with van der Waals surface area (Å²) in [5.41, 5.74) is 0.678. The van der Waals surface area contributed by atoms with Crippen LogP contribution in [0.2, 0.25) is 5.02 Å². The van der Waals surface area contributed by atoms with Crippen LogP contribution >= 0.6 is 11.6 Å². The Bertz CT molecular complexity index is 564. The highest BCUT2D eigenvalue weighted by molar-refractivity contribution is 7.89. The van der Waals surface area contributed by atoms with Crippen molar-refractivity contribution in [2.75, 3.05) is 33.9 Å². The molecule has 0 radical (unpaired) electrons. The standard InChI is InChI=1S/C13H21ClN2O4S/c1-4-20-6-5-16-21(17,18)12-8-11(14)7-10(9-15-2)13(12)19-3/h7-8,15-16H,4-6,9H2,1-3H3. The third kappa shape index (κ3) is 5.12. The van der Waals surface area contributed by atoms with Crippen molar-refractivity contribution in [3.05, 3.63) is 22.7 Å². The number of hydrogen-bond acceptors (Lipinski definition) is 5. The molecule has 0 saturated heterocycles. The normalized spacial score (nSPS) is 11.6. The zero-order valence-electron chi connectivity index (χ0n) is 12.4. The van der Waals surface area contributed by atoms with E-state index < -0.39 is 10.0 Å². The monoisotopic (exact) mass is 336 g/mol. The van der Waals surface area contributed by atoms with Gasteiger partial charge in [0.05, 0.1) is 13.7 Å². The van der Waals surface area contributed by atoms with E-state index in [2.05, 4.69) is 10.0 Å². The summed E-state index contributed by atoms with van der Waals surface area (Å²) in [6.07, 6.45) is 0. The van der Waals surface area contributed by atoms with Crippen LogP contribution in [0.5, 0.6) is 5.75 Å². The fourth-order valence-corrected chi connectivity index (χ4v) is 3.40. The van der Waals surface area contributed by atoms with Gasteiger partial charge in [-0.05, 0) is 26.1 Å². The molecule has 1 aromatic rings. The molecule has 0 amide bonds. The average Bonchev–Trinajstić information content (AvgIpc) is 2.43. The second kappa shape index (κ2) is 8.55. The molecule has 0 saturated carbocycles. The Morgan fingerprint density at radius 3 is 2.62 bits per heavy atom. The predicted octanol–water partition coefficient (Wildman–Crippen LogP) is 1.38. The van der Waals surface area contributed by atoms with Crippen molar-refractivity contribution >= 4 is 21.6 Å². The van der Waals surface area contributed by atoms with E-state index in [4.69, 9.17) is 21.1 Å². The lowest BCUT2D eigenvalue weighted by Gasteiger charge is -2.15. The first-order chi connectivity index (χ1) is 9.96. The van der Waals surface area contributed by atoms with Crippen LogP contribution < -0.4 is 14.8 Å². The minimum Gasteiger partial charge on any atom is -0.495 e. The van der Waals surface area contributed by atoms with Gasteiger partial charge in [0.2, 0.25) is 10.0 Å². The molecule has 0 heterocycles. The Kier molecular flexibility index (Phi) is 7.41. The van der Waals surface area contributed by atoms with Gasteiger partial charge in [0, 0.05) is 30.3 Å². The van der Waals surface area contributed by atoms with Crippen molar-refractivity contribution in [2.45, 2.75) is 18.4 Å². The molecule has 120 valence electrons. The van der Waals surface area contributed by atoms with Gasteiger partial charge >= 0.3 is 0 Å². The summed E-state index contributed by atoms with van der Waals surface area (Å²) in [7, 11) is -0.523. The second-order valence-corrected chi connectivity index (χ2v) is 6.39. The van der Waals surface area contributed by atoms with Gasteiger partial charge in [0.25, 0.3) is 0 Å².